The van der Waals surface area contributed by atoms with Gasteiger partial charge in [-0.15, -0.1) is 0 Å². The number of aromatic nitrogens is 4. The molecule has 8 heteroatoms. The number of carbonyl (C=O) groups is 1. The second kappa shape index (κ2) is 5.87. The molecule has 2 aliphatic rings. The first-order valence-electron chi connectivity index (χ1n) is 8.72. The van der Waals surface area contributed by atoms with E-state index in [1.807, 2.05) is 26.8 Å². The number of nitrogens with zero attached hydrogens (tertiary/aromatic N) is 5. The van der Waals surface area contributed by atoms with Crippen LogP contribution >= 0.6 is 0 Å². The van der Waals surface area contributed by atoms with E-state index >= 15 is 0 Å². The lowest BCUT2D eigenvalue weighted by atomic mass is 9.75. The largest absolute Gasteiger partial charge is 0.381 e. The van der Waals surface area contributed by atoms with Gasteiger partial charge in [-0.1, -0.05) is 19.9 Å². The van der Waals surface area contributed by atoms with Gasteiger partial charge in [0.25, 0.3) is 0 Å². The second-order valence-corrected chi connectivity index (χ2v) is 7.40. The van der Waals surface area contributed by atoms with E-state index in [4.69, 9.17) is 11.5 Å². The number of allylic oxidation sites excluding steroid dienone is 4. The predicted octanol–water partition coefficient (Wildman–Crippen LogP) is 2.10. The van der Waals surface area contributed by atoms with Crippen LogP contribution in [0.25, 0.3) is 5.57 Å². The van der Waals surface area contributed by atoms with E-state index in [1.54, 1.807) is 17.3 Å². The Morgan fingerprint density at radius 1 is 1.11 bits per heavy atom. The van der Waals surface area contributed by atoms with E-state index in [-0.39, 0.29) is 23.5 Å². The maximum atomic E-state index is 13.2. The number of fused-ring (bicyclic) bond motifs is 1. The number of amides is 1. The Bertz CT molecular complexity index is 992. The molecule has 0 saturated carbocycles. The lowest BCUT2D eigenvalue weighted by molar-refractivity contribution is -0.125. The van der Waals surface area contributed by atoms with Crippen molar-refractivity contribution in [1.82, 2.24) is 19.9 Å². The van der Waals surface area contributed by atoms with Gasteiger partial charge >= 0.3 is 0 Å². The van der Waals surface area contributed by atoms with E-state index in [0.29, 0.717) is 11.6 Å². The van der Waals surface area contributed by atoms with Gasteiger partial charge in [-0.3, -0.25) is 9.69 Å². The van der Waals surface area contributed by atoms with Gasteiger partial charge in [0.05, 0.1) is 11.6 Å². The Morgan fingerprint density at radius 3 is 2.48 bits per heavy atom. The normalized spacial score (nSPS) is 20.9. The summed E-state index contributed by atoms with van der Waals surface area (Å²) < 4.78 is 0. The van der Waals surface area contributed by atoms with Crippen LogP contribution in [0.2, 0.25) is 0 Å². The Labute approximate surface area is 157 Å². The summed E-state index contributed by atoms with van der Waals surface area (Å²) in [5, 5.41) is 0. The van der Waals surface area contributed by atoms with Crippen LogP contribution in [0.1, 0.15) is 31.7 Å². The summed E-state index contributed by atoms with van der Waals surface area (Å²) in [5.41, 5.74) is 13.7. The quantitative estimate of drug-likeness (QED) is 0.837. The molecule has 27 heavy (non-hydrogen) atoms. The maximum absolute atomic E-state index is 13.2. The Balaban J connectivity index is 1.81. The number of anilines is 3. The zero-order chi connectivity index (χ0) is 19.3. The summed E-state index contributed by atoms with van der Waals surface area (Å²) in [4.78, 5) is 31.7. The van der Waals surface area contributed by atoms with Crippen LogP contribution in [0.4, 0.5) is 17.5 Å². The maximum Gasteiger partial charge on any atom is 0.238 e. The van der Waals surface area contributed by atoms with Gasteiger partial charge in [0.1, 0.15) is 5.82 Å². The second-order valence-electron chi connectivity index (χ2n) is 7.40. The summed E-state index contributed by atoms with van der Waals surface area (Å²) in [7, 11) is 0. The number of carbonyl (C=O) groups excluding carboxylic acids is 1. The van der Waals surface area contributed by atoms with Crippen molar-refractivity contribution >= 4 is 28.9 Å². The number of nitrogen functional groups attached to an aromatic ring is 2. The molecule has 1 aliphatic carbocycles. The zero-order valence-corrected chi connectivity index (χ0v) is 15.5. The molecular formula is C19H21N7O. The molecule has 0 bridgehead atoms. The number of hydrogen-bond acceptors (Lipinski definition) is 7. The lowest BCUT2D eigenvalue weighted by Crippen LogP contribution is -2.32. The molecule has 2 aromatic rings. The molecule has 3 heterocycles. The molecule has 2 aromatic heterocycles. The van der Waals surface area contributed by atoms with Crippen LogP contribution in [0, 0.1) is 18.3 Å². The van der Waals surface area contributed by atoms with Crippen molar-refractivity contribution < 1.29 is 4.79 Å². The third kappa shape index (κ3) is 2.64. The Hall–Kier alpha value is -3.29. The van der Waals surface area contributed by atoms with E-state index in [0.717, 1.165) is 23.3 Å². The minimum Gasteiger partial charge on any atom is -0.381 e. The molecule has 138 valence electrons. The monoisotopic (exact) mass is 363 g/mol. The summed E-state index contributed by atoms with van der Waals surface area (Å²) in [6.45, 7) is 5.75. The first kappa shape index (κ1) is 17.1. The molecule has 0 aromatic carbocycles. The summed E-state index contributed by atoms with van der Waals surface area (Å²) in [6, 6.07) is 0. The van der Waals surface area contributed by atoms with Gasteiger partial charge in [0, 0.05) is 29.6 Å². The summed E-state index contributed by atoms with van der Waals surface area (Å²) >= 11 is 0. The van der Waals surface area contributed by atoms with Crippen molar-refractivity contribution in [2.75, 3.05) is 16.4 Å². The minimum atomic E-state index is -0.560. The highest BCUT2D eigenvalue weighted by Gasteiger charge is 2.52. The van der Waals surface area contributed by atoms with Crippen LogP contribution in [0.15, 0.2) is 36.4 Å². The van der Waals surface area contributed by atoms with Crippen molar-refractivity contribution in [2.45, 2.75) is 27.2 Å². The van der Waals surface area contributed by atoms with Gasteiger partial charge in [0.15, 0.2) is 17.5 Å². The van der Waals surface area contributed by atoms with Crippen LogP contribution in [-0.2, 0) is 4.79 Å². The lowest BCUT2D eigenvalue weighted by Gasteiger charge is -2.25. The van der Waals surface area contributed by atoms with Crippen LogP contribution < -0.4 is 16.4 Å². The van der Waals surface area contributed by atoms with E-state index < -0.39 is 5.41 Å². The topological polar surface area (TPSA) is 124 Å². The van der Waals surface area contributed by atoms with Crippen molar-refractivity contribution in [3.8, 4) is 0 Å². The average Bonchev–Trinajstić information content (AvgIpc) is 2.84. The fraction of sp³-hybridized carbons (Fsp3) is 0.316. The van der Waals surface area contributed by atoms with Gasteiger partial charge in [-0.2, -0.15) is 0 Å². The molecule has 8 nitrogen and oxygen atoms in total. The summed E-state index contributed by atoms with van der Waals surface area (Å²) in [6.07, 6.45) is 9.93. The molecule has 4 N–H and O–H groups in total. The molecular weight excluding hydrogens is 342 g/mol. The van der Waals surface area contributed by atoms with Gasteiger partial charge in [-0.05, 0) is 25.0 Å². The standard InChI is InChI=1S/C19H21N7O/c1-10-22-7-12(8-23-10)11-4-5-13-14(6-11)26(18(27)19(13,2)3)15-9-24-16(20)17(21)25-15/h4,6-9,13H,5H2,1-3H3,(H2,20,24)(H2,21,25). The third-order valence-corrected chi connectivity index (χ3v) is 5.28. The smallest absolute Gasteiger partial charge is 0.238 e. The SMILES string of the molecule is Cc1ncc(C2=CCC3C(=C2)N(c2cnc(N)c(N)n2)C(=O)C3(C)C)cn1. The molecule has 0 radical (unpaired) electrons. The molecule has 0 spiro atoms. The molecule has 1 amide bonds. The first-order valence-corrected chi connectivity index (χ1v) is 8.72. The summed E-state index contributed by atoms with van der Waals surface area (Å²) in [5.74, 6) is 1.37. The molecule has 1 aliphatic heterocycles. The highest BCUT2D eigenvalue weighted by molar-refractivity contribution is 6.04. The number of nitrogens with two attached hydrogens (primary N) is 2. The molecule has 1 fully saturated rings. The predicted molar refractivity (Wildman–Crippen MR) is 103 cm³/mol. The fourth-order valence-corrected chi connectivity index (χ4v) is 3.61. The highest BCUT2D eigenvalue weighted by Crippen LogP contribution is 2.50. The molecule has 1 unspecified atom stereocenters. The molecule has 4 rings (SSSR count). The van der Waals surface area contributed by atoms with Crippen molar-refractivity contribution in [1.29, 1.82) is 0 Å². The Morgan fingerprint density at radius 2 is 1.81 bits per heavy atom. The van der Waals surface area contributed by atoms with E-state index in [9.17, 15) is 4.79 Å². The Kier molecular flexibility index (Phi) is 3.73. The number of rotatable bonds is 2. The van der Waals surface area contributed by atoms with Crippen molar-refractivity contribution in [3.63, 3.8) is 0 Å². The minimum absolute atomic E-state index is 0.0352. The van der Waals surface area contributed by atoms with Crippen LogP contribution in [-0.4, -0.2) is 25.8 Å². The molecule has 1 saturated heterocycles. The van der Waals surface area contributed by atoms with Crippen LogP contribution in [0.3, 0.4) is 0 Å². The fourth-order valence-electron chi connectivity index (χ4n) is 3.61. The van der Waals surface area contributed by atoms with E-state index in [2.05, 4.69) is 26.0 Å². The van der Waals surface area contributed by atoms with E-state index in [1.165, 1.54) is 6.20 Å². The number of aryl methyl sites for hydroxylation is 1. The molecule has 1 atom stereocenters. The van der Waals surface area contributed by atoms with Crippen LogP contribution in [0.5, 0.6) is 0 Å². The van der Waals surface area contributed by atoms with Crippen molar-refractivity contribution in [2.24, 2.45) is 11.3 Å². The van der Waals surface area contributed by atoms with Gasteiger partial charge in [-0.25, -0.2) is 19.9 Å². The first-order chi connectivity index (χ1) is 12.8. The zero-order valence-electron chi connectivity index (χ0n) is 15.5. The van der Waals surface area contributed by atoms with Gasteiger partial charge in [0.2, 0.25) is 5.91 Å². The highest BCUT2D eigenvalue weighted by atomic mass is 16.2. The average molecular weight is 363 g/mol. The van der Waals surface area contributed by atoms with Crippen molar-refractivity contribution in [3.05, 3.63) is 47.8 Å². The third-order valence-electron chi connectivity index (χ3n) is 5.28. The van der Waals surface area contributed by atoms with Gasteiger partial charge < -0.3 is 11.5 Å². The number of hydrogen-bond donors (Lipinski definition) is 2.